The molecule has 1 fully saturated rings. The molecule has 3 aromatic rings. The molecule has 0 radical (unpaired) electrons. The number of para-hydroxylation sites is 2. The lowest BCUT2D eigenvalue weighted by Gasteiger charge is -2.32. The Morgan fingerprint density at radius 3 is 2.25 bits per heavy atom. The second-order valence-electron chi connectivity index (χ2n) is 7.98. The maximum absolute atomic E-state index is 6.31. The zero-order valence-corrected chi connectivity index (χ0v) is 17.1. The van der Waals surface area contributed by atoms with E-state index in [0.29, 0.717) is 17.3 Å². The van der Waals surface area contributed by atoms with Crippen LogP contribution < -0.4 is 14.9 Å². The Morgan fingerprint density at radius 1 is 0.964 bits per heavy atom. The first-order valence-corrected chi connectivity index (χ1v) is 9.32. The van der Waals surface area contributed by atoms with Crippen molar-refractivity contribution >= 4 is 23.6 Å². The molecule has 0 amide bonds. The lowest BCUT2D eigenvalue weighted by atomic mass is 9.75. The summed E-state index contributed by atoms with van der Waals surface area (Å²) in [4.78, 5) is 8.15. The fourth-order valence-electron chi connectivity index (χ4n) is 3.37. The number of aromatic amines is 1. The topological polar surface area (TPSA) is 65.6 Å². The monoisotopic (exact) mass is 380 g/mol. The molecule has 28 heavy (non-hydrogen) atoms. The smallest absolute Gasteiger partial charge is 0.495 e. The van der Waals surface area contributed by atoms with Crippen molar-refractivity contribution in [2.75, 3.05) is 14.2 Å². The average molecular weight is 380 g/mol. The molecule has 6 nitrogen and oxygen atoms in total. The molecule has 0 saturated carbocycles. The molecule has 7 heteroatoms. The first kappa shape index (κ1) is 18.8. The molecule has 1 aliphatic heterocycles. The molecule has 0 aliphatic carbocycles. The van der Waals surface area contributed by atoms with Gasteiger partial charge in [-0.15, -0.1) is 0 Å². The van der Waals surface area contributed by atoms with E-state index in [1.807, 2.05) is 64.1 Å². The van der Waals surface area contributed by atoms with E-state index in [0.717, 1.165) is 22.1 Å². The Kier molecular flexibility index (Phi) is 4.40. The van der Waals surface area contributed by atoms with Gasteiger partial charge >= 0.3 is 7.12 Å². The lowest BCUT2D eigenvalue weighted by Crippen LogP contribution is -2.41. The Morgan fingerprint density at radius 2 is 1.64 bits per heavy atom. The van der Waals surface area contributed by atoms with Gasteiger partial charge in [0.15, 0.2) is 0 Å². The number of methoxy groups -OCH3 is 2. The quantitative estimate of drug-likeness (QED) is 0.702. The van der Waals surface area contributed by atoms with Gasteiger partial charge in [0.05, 0.1) is 42.0 Å². The van der Waals surface area contributed by atoms with Crippen LogP contribution in [0.1, 0.15) is 27.7 Å². The first-order chi connectivity index (χ1) is 13.3. The third kappa shape index (κ3) is 2.95. The molecule has 1 aromatic heterocycles. The van der Waals surface area contributed by atoms with Crippen molar-refractivity contribution in [1.82, 2.24) is 9.97 Å². The van der Waals surface area contributed by atoms with Crippen molar-refractivity contribution in [2.45, 2.75) is 38.9 Å². The summed E-state index contributed by atoms with van der Waals surface area (Å²) in [6.45, 7) is 8.13. The van der Waals surface area contributed by atoms with E-state index in [2.05, 4.69) is 4.98 Å². The fourth-order valence-corrected chi connectivity index (χ4v) is 3.37. The summed E-state index contributed by atoms with van der Waals surface area (Å²) in [5.74, 6) is 2.01. The highest BCUT2D eigenvalue weighted by Gasteiger charge is 2.52. The van der Waals surface area contributed by atoms with E-state index in [-0.39, 0.29) is 0 Å². The number of ether oxygens (including phenoxy) is 2. The van der Waals surface area contributed by atoms with Crippen LogP contribution in [0.15, 0.2) is 36.4 Å². The summed E-state index contributed by atoms with van der Waals surface area (Å²) >= 11 is 0. The van der Waals surface area contributed by atoms with Crippen molar-refractivity contribution in [2.24, 2.45) is 0 Å². The van der Waals surface area contributed by atoms with Crippen molar-refractivity contribution in [3.05, 3.63) is 36.4 Å². The van der Waals surface area contributed by atoms with E-state index in [9.17, 15) is 0 Å². The third-order valence-electron chi connectivity index (χ3n) is 5.70. The summed E-state index contributed by atoms with van der Waals surface area (Å²) in [7, 11) is 2.69. The number of rotatable bonds is 4. The van der Waals surface area contributed by atoms with Crippen LogP contribution in [0.25, 0.3) is 22.4 Å². The van der Waals surface area contributed by atoms with E-state index in [1.54, 1.807) is 14.2 Å². The van der Waals surface area contributed by atoms with Gasteiger partial charge in [0, 0.05) is 11.5 Å². The molecule has 2 aromatic carbocycles. The number of nitrogens with one attached hydrogen (secondary N) is 1. The normalized spacial score (nSPS) is 17.9. The van der Waals surface area contributed by atoms with E-state index >= 15 is 0 Å². The highest BCUT2D eigenvalue weighted by Crippen LogP contribution is 2.39. The van der Waals surface area contributed by atoms with Gasteiger partial charge in [-0.3, -0.25) is 0 Å². The Balaban J connectivity index is 1.92. The summed E-state index contributed by atoms with van der Waals surface area (Å²) in [6, 6.07) is 11.7. The molecule has 0 bridgehead atoms. The van der Waals surface area contributed by atoms with Crippen molar-refractivity contribution < 1.29 is 18.8 Å². The third-order valence-corrected chi connectivity index (χ3v) is 5.70. The van der Waals surface area contributed by atoms with Crippen LogP contribution in [0.4, 0.5) is 0 Å². The van der Waals surface area contributed by atoms with Crippen LogP contribution in [0.2, 0.25) is 0 Å². The molecule has 0 atom stereocenters. The number of fused-ring (bicyclic) bond motifs is 1. The van der Waals surface area contributed by atoms with Gasteiger partial charge in [0.1, 0.15) is 17.3 Å². The van der Waals surface area contributed by atoms with E-state index in [4.69, 9.17) is 23.8 Å². The standard InChI is InChI=1S/C21H25BN2O4/c1-20(2)21(3,4)28-22(27-20)14-11-13(25-5)12-17(26-6)18(14)19-23-15-9-7-8-10-16(15)24-19/h7-12H,1-6H3,(H,23,24). The van der Waals surface area contributed by atoms with Crippen LogP contribution in [0.3, 0.4) is 0 Å². The first-order valence-electron chi connectivity index (χ1n) is 9.32. The van der Waals surface area contributed by atoms with Gasteiger partial charge in [-0.1, -0.05) is 12.1 Å². The van der Waals surface area contributed by atoms with Crippen LogP contribution in [-0.2, 0) is 9.31 Å². The molecule has 1 N–H and O–H groups in total. The van der Waals surface area contributed by atoms with Crippen LogP contribution in [0.5, 0.6) is 11.5 Å². The van der Waals surface area contributed by atoms with Crippen LogP contribution in [-0.4, -0.2) is 42.5 Å². The SMILES string of the molecule is COc1cc(OC)c(-c2nc3ccccc3[nH]2)c(B2OC(C)(C)C(C)(C)O2)c1. The Labute approximate surface area is 165 Å². The van der Waals surface area contributed by atoms with Gasteiger partial charge in [0.2, 0.25) is 0 Å². The minimum absolute atomic E-state index is 0.459. The van der Waals surface area contributed by atoms with Crippen molar-refractivity contribution in [3.63, 3.8) is 0 Å². The second kappa shape index (κ2) is 6.53. The lowest BCUT2D eigenvalue weighted by molar-refractivity contribution is 0.00578. The molecule has 0 spiro atoms. The van der Waals surface area contributed by atoms with Gasteiger partial charge < -0.3 is 23.8 Å². The van der Waals surface area contributed by atoms with Crippen LogP contribution in [0, 0.1) is 0 Å². The summed E-state index contributed by atoms with van der Waals surface area (Å²) in [5, 5.41) is 0. The maximum atomic E-state index is 6.31. The molecule has 146 valence electrons. The predicted molar refractivity (Wildman–Crippen MR) is 110 cm³/mol. The summed E-state index contributed by atoms with van der Waals surface area (Å²) < 4.78 is 23.8. The number of hydrogen-bond acceptors (Lipinski definition) is 5. The van der Waals surface area contributed by atoms with Gasteiger partial charge in [-0.25, -0.2) is 4.98 Å². The average Bonchev–Trinajstić information content (AvgIpc) is 3.18. The molecule has 2 heterocycles. The number of hydrogen-bond donors (Lipinski definition) is 1. The van der Waals surface area contributed by atoms with Gasteiger partial charge in [-0.05, 0) is 45.9 Å². The van der Waals surface area contributed by atoms with E-state index < -0.39 is 18.3 Å². The Hall–Kier alpha value is -2.51. The largest absolute Gasteiger partial charge is 0.497 e. The Bertz CT molecular complexity index is 979. The zero-order valence-electron chi connectivity index (χ0n) is 17.1. The summed E-state index contributed by atoms with van der Waals surface area (Å²) in [6.07, 6.45) is 0. The number of aromatic nitrogens is 2. The molecule has 4 rings (SSSR count). The van der Waals surface area contributed by atoms with E-state index in [1.165, 1.54) is 0 Å². The van der Waals surface area contributed by atoms with Gasteiger partial charge in [-0.2, -0.15) is 0 Å². The fraction of sp³-hybridized carbons (Fsp3) is 0.381. The number of imidazole rings is 1. The maximum Gasteiger partial charge on any atom is 0.495 e. The summed E-state index contributed by atoms with van der Waals surface area (Å²) in [5.41, 5.74) is 2.54. The van der Waals surface area contributed by atoms with Crippen molar-refractivity contribution in [3.8, 4) is 22.9 Å². The highest BCUT2D eigenvalue weighted by molar-refractivity contribution is 6.64. The van der Waals surface area contributed by atoms with Gasteiger partial charge in [0.25, 0.3) is 0 Å². The number of nitrogens with zero attached hydrogens (tertiary/aromatic N) is 1. The predicted octanol–water partition coefficient (Wildman–Crippen LogP) is 3.55. The minimum atomic E-state index is -0.572. The molecule has 1 saturated heterocycles. The molecule has 1 aliphatic rings. The van der Waals surface area contributed by atoms with Crippen molar-refractivity contribution in [1.29, 1.82) is 0 Å². The zero-order chi connectivity index (χ0) is 20.1. The molecular formula is C21H25BN2O4. The molecular weight excluding hydrogens is 355 g/mol. The highest BCUT2D eigenvalue weighted by atomic mass is 16.7. The van der Waals surface area contributed by atoms with Crippen LogP contribution >= 0.6 is 0 Å². The second-order valence-corrected chi connectivity index (χ2v) is 7.98. The molecule has 0 unspecified atom stereocenters. The number of H-pyrrole nitrogens is 1. The minimum Gasteiger partial charge on any atom is -0.497 e. The number of benzene rings is 2.